The monoisotopic (exact) mass is 287 g/mol. The molecule has 1 aromatic carbocycles. The van der Waals surface area contributed by atoms with Gasteiger partial charge < -0.3 is 10.2 Å². The Kier molecular flexibility index (Phi) is 5.69. The van der Waals surface area contributed by atoms with Crippen LogP contribution < -0.4 is 10.2 Å². The quantitative estimate of drug-likeness (QED) is 0.792. The number of hydrogen-bond acceptors (Lipinski definition) is 3. The lowest BCUT2D eigenvalue weighted by atomic mass is 10.2. The van der Waals surface area contributed by atoms with Crippen molar-refractivity contribution in [2.24, 2.45) is 0 Å². The third-order valence-corrected chi connectivity index (χ3v) is 3.22. The summed E-state index contributed by atoms with van der Waals surface area (Å²) in [6.45, 7) is 4.54. The number of anilines is 1. The van der Waals surface area contributed by atoms with Crippen molar-refractivity contribution in [1.82, 2.24) is 10.3 Å². The average Bonchev–Trinajstić information content (AvgIpc) is 2.48. The molecule has 0 unspecified atom stereocenters. The number of benzene rings is 1. The van der Waals surface area contributed by atoms with Crippen molar-refractivity contribution in [3.05, 3.63) is 59.5 Å². The van der Waals surface area contributed by atoms with Gasteiger partial charge in [0.05, 0.1) is 5.69 Å². The van der Waals surface area contributed by atoms with E-state index < -0.39 is 0 Å². The van der Waals surface area contributed by atoms with Crippen LogP contribution >= 0.6 is 0 Å². The minimum atomic E-state index is -0.202. The molecule has 2 rings (SSSR count). The highest BCUT2D eigenvalue weighted by Gasteiger charge is 2.05. The Bertz CT molecular complexity index is 571. The molecule has 0 saturated carbocycles. The number of pyridine rings is 1. The smallest absolute Gasteiger partial charge is 0.128 e. The van der Waals surface area contributed by atoms with Gasteiger partial charge in [0.15, 0.2) is 0 Å². The van der Waals surface area contributed by atoms with Gasteiger partial charge in [0.25, 0.3) is 0 Å². The van der Waals surface area contributed by atoms with Crippen LogP contribution in [0.3, 0.4) is 0 Å². The Labute approximate surface area is 125 Å². The molecular formula is C17H22FN3. The van der Waals surface area contributed by atoms with Crippen LogP contribution in [0.5, 0.6) is 0 Å². The molecule has 112 valence electrons. The second-order valence-electron chi connectivity index (χ2n) is 5.15. The average molecular weight is 287 g/mol. The Morgan fingerprint density at radius 3 is 2.76 bits per heavy atom. The first-order valence-electron chi connectivity index (χ1n) is 7.31. The summed E-state index contributed by atoms with van der Waals surface area (Å²) in [5.74, 6) is 0.696. The molecule has 0 radical (unpaired) electrons. The van der Waals surface area contributed by atoms with Gasteiger partial charge in [-0.2, -0.15) is 0 Å². The van der Waals surface area contributed by atoms with E-state index in [0.717, 1.165) is 36.6 Å². The van der Waals surface area contributed by atoms with Gasteiger partial charge >= 0.3 is 0 Å². The minimum absolute atomic E-state index is 0.202. The Morgan fingerprint density at radius 2 is 2.00 bits per heavy atom. The van der Waals surface area contributed by atoms with Crippen molar-refractivity contribution in [2.75, 3.05) is 18.5 Å². The molecule has 2 aromatic rings. The van der Waals surface area contributed by atoms with E-state index in [1.165, 1.54) is 6.07 Å². The fourth-order valence-corrected chi connectivity index (χ4v) is 2.16. The molecule has 1 heterocycles. The zero-order chi connectivity index (χ0) is 15.1. The number of halogens is 1. The predicted molar refractivity (Wildman–Crippen MR) is 84.7 cm³/mol. The fourth-order valence-electron chi connectivity index (χ4n) is 2.16. The third kappa shape index (κ3) is 4.83. The maximum absolute atomic E-state index is 13.2. The molecule has 1 N–H and O–H groups in total. The summed E-state index contributed by atoms with van der Waals surface area (Å²) < 4.78 is 13.2. The van der Waals surface area contributed by atoms with Gasteiger partial charge in [-0.15, -0.1) is 0 Å². The normalized spacial score (nSPS) is 10.6. The molecule has 4 heteroatoms. The van der Waals surface area contributed by atoms with E-state index in [1.807, 2.05) is 36.2 Å². The topological polar surface area (TPSA) is 28.2 Å². The van der Waals surface area contributed by atoms with Crippen molar-refractivity contribution in [2.45, 2.75) is 26.4 Å². The highest BCUT2D eigenvalue weighted by molar-refractivity contribution is 5.39. The summed E-state index contributed by atoms with van der Waals surface area (Å²) in [7, 11) is 1.97. The highest BCUT2D eigenvalue weighted by Crippen LogP contribution is 2.14. The molecule has 0 atom stereocenters. The van der Waals surface area contributed by atoms with Crippen molar-refractivity contribution in [3.63, 3.8) is 0 Å². The zero-order valence-electron chi connectivity index (χ0n) is 12.6. The zero-order valence-corrected chi connectivity index (χ0v) is 12.6. The van der Waals surface area contributed by atoms with Gasteiger partial charge in [-0.25, -0.2) is 9.37 Å². The van der Waals surface area contributed by atoms with Crippen molar-refractivity contribution in [1.29, 1.82) is 0 Å². The van der Waals surface area contributed by atoms with Crippen LogP contribution in [0.1, 0.15) is 24.6 Å². The van der Waals surface area contributed by atoms with E-state index >= 15 is 0 Å². The maximum atomic E-state index is 13.2. The second kappa shape index (κ2) is 7.74. The van der Waals surface area contributed by atoms with E-state index in [4.69, 9.17) is 0 Å². The maximum Gasteiger partial charge on any atom is 0.128 e. The first-order valence-corrected chi connectivity index (χ1v) is 7.31. The number of nitrogens with one attached hydrogen (secondary N) is 1. The number of nitrogens with zero attached hydrogens (tertiary/aromatic N) is 2. The minimum Gasteiger partial charge on any atom is -0.355 e. The molecule has 1 aromatic heterocycles. The highest BCUT2D eigenvalue weighted by atomic mass is 19.1. The standard InChI is InChI=1S/C17H22FN3/c1-3-10-19-12-16-8-5-9-17(20-16)21(2)13-14-6-4-7-15(18)11-14/h4-9,11,19H,3,10,12-13H2,1-2H3. The molecule has 0 aliphatic rings. The second-order valence-corrected chi connectivity index (χ2v) is 5.15. The van der Waals surface area contributed by atoms with Crippen LogP contribution in [0.15, 0.2) is 42.5 Å². The van der Waals surface area contributed by atoms with Crippen LogP contribution in [-0.4, -0.2) is 18.6 Å². The van der Waals surface area contributed by atoms with E-state index in [9.17, 15) is 4.39 Å². The SMILES string of the molecule is CCCNCc1cccc(N(C)Cc2cccc(F)c2)n1. The van der Waals surface area contributed by atoms with E-state index in [2.05, 4.69) is 17.2 Å². The van der Waals surface area contributed by atoms with Crippen LogP contribution in [0.4, 0.5) is 10.2 Å². The molecule has 0 spiro atoms. The van der Waals surface area contributed by atoms with Crippen LogP contribution in [0, 0.1) is 5.82 Å². The Balaban J connectivity index is 2.01. The Hall–Kier alpha value is -1.94. The van der Waals surface area contributed by atoms with Gasteiger partial charge in [0, 0.05) is 20.1 Å². The number of aromatic nitrogens is 1. The lowest BCUT2D eigenvalue weighted by Crippen LogP contribution is -2.20. The van der Waals surface area contributed by atoms with Gasteiger partial charge in [-0.05, 0) is 42.8 Å². The van der Waals surface area contributed by atoms with E-state index in [0.29, 0.717) is 6.54 Å². The van der Waals surface area contributed by atoms with Crippen LogP contribution in [0.2, 0.25) is 0 Å². The number of hydrogen-bond donors (Lipinski definition) is 1. The first kappa shape index (κ1) is 15.4. The molecule has 3 nitrogen and oxygen atoms in total. The largest absolute Gasteiger partial charge is 0.355 e. The summed E-state index contributed by atoms with van der Waals surface area (Å²) in [6, 6.07) is 12.7. The summed E-state index contributed by atoms with van der Waals surface area (Å²) in [5.41, 5.74) is 1.96. The summed E-state index contributed by atoms with van der Waals surface area (Å²) in [6.07, 6.45) is 1.11. The van der Waals surface area contributed by atoms with E-state index in [-0.39, 0.29) is 5.82 Å². The molecular weight excluding hydrogens is 265 g/mol. The molecule has 0 fully saturated rings. The molecule has 0 aliphatic carbocycles. The van der Waals surface area contributed by atoms with Crippen LogP contribution in [-0.2, 0) is 13.1 Å². The van der Waals surface area contributed by atoms with E-state index in [1.54, 1.807) is 12.1 Å². The lowest BCUT2D eigenvalue weighted by Gasteiger charge is -2.19. The molecule has 0 saturated heterocycles. The van der Waals surface area contributed by atoms with Crippen LogP contribution in [0.25, 0.3) is 0 Å². The lowest BCUT2D eigenvalue weighted by molar-refractivity contribution is 0.625. The van der Waals surface area contributed by atoms with Crippen molar-refractivity contribution >= 4 is 5.82 Å². The third-order valence-electron chi connectivity index (χ3n) is 3.22. The summed E-state index contributed by atoms with van der Waals surface area (Å²) in [5, 5.41) is 3.34. The summed E-state index contributed by atoms with van der Waals surface area (Å²) in [4.78, 5) is 6.66. The Morgan fingerprint density at radius 1 is 1.19 bits per heavy atom. The van der Waals surface area contributed by atoms with Crippen molar-refractivity contribution < 1.29 is 4.39 Å². The van der Waals surface area contributed by atoms with Gasteiger partial charge in [-0.1, -0.05) is 25.1 Å². The molecule has 0 bridgehead atoms. The fraction of sp³-hybridized carbons (Fsp3) is 0.353. The number of rotatable bonds is 7. The molecule has 0 aliphatic heterocycles. The molecule has 0 amide bonds. The predicted octanol–water partition coefficient (Wildman–Crippen LogP) is 3.36. The van der Waals surface area contributed by atoms with Gasteiger partial charge in [-0.3, -0.25) is 0 Å². The van der Waals surface area contributed by atoms with Gasteiger partial charge in [0.1, 0.15) is 11.6 Å². The van der Waals surface area contributed by atoms with Gasteiger partial charge in [0.2, 0.25) is 0 Å². The molecule has 21 heavy (non-hydrogen) atoms. The van der Waals surface area contributed by atoms with Crippen molar-refractivity contribution in [3.8, 4) is 0 Å². The first-order chi connectivity index (χ1) is 10.2. The summed E-state index contributed by atoms with van der Waals surface area (Å²) >= 11 is 0.